The van der Waals surface area contributed by atoms with E-state index in [9.17, 15) is 19.0 Å². The van der Waals surface area contributed by atoms with Crippen molar-refractivity contribution in [1.29, 1.82) is 0 Å². The summed E-state index contributed by atoms with van der Waals surface area (Å²) in [5, 5.41) is 0. The van der Waals surface area contributed by atoms with Crippen LogP contribution in [0, 0.1) is 0 Å². The predicted molar refractivity (Wildman–Crippen MR) is 236 cm³/mol. The second-order valence-corrected chi connectivity index (χ2v) is 18.9. The Kier molecular flexibility index (Phi) is 39.3. The van der Waals surface area contributed by atoms with Crippen LogP contribution in [0.3, 0.4) is 0 Å². The molecule has 0 N–H and O–H groups in total. The van der Waals surface area contributed by atoms with Crippen molar-refractivity contribution in [1.82, 2.24) is 0 Å². The molecule has 0 amide bonds. The number of ether oxygens (including phenoxy) is 2. The maximum Gasteiger partial charge on any atom is 0.306 e. The summed E-state index contributed by atoms with van der Waals surface area (Å²) in [6.07, 6.45) is 42.3. The average Bonchev–Trinajstić information content (AvgIpc) is 3.16. The second kappa shape index (κ2) is 40.2. The van der Waals surface area contributed by atoms with Crippen molar-refractivity contribution in [2.24, 2.45) is 0 Å². The maximum atomic E-state index is 12.7. The Labute approximate surface area is 352 Å². The standard InChI is InChI=1S/C47H92NO8P/c1-6-8-10-12-14-16-18-20-22-23-24-26-27-29-31-33-35-37-39-46(49)53-43-45(44-55-57(51,52)54-42-41-48(3,4)5)56-47(50)40-38-36-34-32-30-28-25-21-19-17-15-13-11-9-7-2/h21,25,45H,6-20,22-24,26-44H2,1-5H3/b25-21+/t45-/m1/s1. The van der Waals surface area contributed by atoms with Crippen LogP contribution in [0.15, 0.2) is 12.2 Å². The number of allylic oxidation sites excluding steroid dienone is 2. The molecule has 0 spiro atoms. The first-order chi connectivity index (χ1) is 27.5. The van der Waals surface area contributed by atoms with Crippen LogP contribution in [0.25, 0.3) is 0 Å². The minimum atomic E-state index is -4.62. The van der Waals surface area contributed by atoms with Gasteiger partial charge in [0, 0.05) is 12.8 Å². The Morgan fingerprint density at radius 3 is 1.30 bits per heavy atom. The van der Waals surface area contributed by atoms with Gasteiger partial charge in [-0.2, -0.15) is 0 Å². The molecular formula is C47H92NO8P. The predicted octanol–water partition coefficient (Wildman–Crippen LogP) is 13.1. The molecule has 57 heavy (non-hydrogen) atoms. The van der Waals surface area contributed by atoms with Crippen molar-refractivity contribution in [2.75, 3.05) is 47.5 Å². The summed E-state index contributed by atoms with van der Waals surface area (Å²) >= 11 is 0. The maximum absolute atomic E-state index is 12.7. The fourth-order valence-electron chi connectivity index (χ4n) is 6.77. The van der Waals surface area contributed by atoms with Gasteiger partial charge in [-0.15, -0.1) is 0 Å². The summed E-state index contributed by atoms with van der Waals surface area (Å²) in [6.45, 7) is 4.25. The van der Waals surface area contributed by atoms with Crippen LogP contribution in [0.5, 0.6) is 0 Å². The van der Waals surface area contributed by atoms with Crippen molar-refractivity contribution >= 4 is 19.8 Å². The summed E-state index contributed by atoms with van der Waals surface area (Å²) in [5.41, 5.74) is 0. The van der Waals surface area contributed by atoms with Crippen LogP contribution in [0.4, 0.5) is 0 Å². The highest BCUT2D eigenvalue weighted by molar-refractivity contribution is 7.45. The molecule has 0 fully saturated rings. The topological polar surface area (TPSA) is 111 Å². The molecule has 0 aliphatic heterocycles. The van der Waals surface area contributed by atoms with Gasteiger partial charge < -0.3 is 27.9 Å². The van der Waals surface area contributed by atoms with Crippen LogP contribution < -0.4 is 4.89 Å². The third-order valence-electron chi connectivity index (χ3n) is 10.5. The van der Waals surface area contributed by atoms with E-state index in [1.165, 1.54) is 141 Å². The number of hydrogen-bond acceptors (Lipinski definition) is 8. The molecule has 0 radical (unpaired) electrons. The number of quaternary nitrogens is 1. The van der Waals surface area contributed by atoms with E-state index in [0.29, 0.717) is 17.4 Å². The number of hydrogen-bond donors (Lipinski definition) is 0. The normalized spacial score (nSPS) is 13.6. The zero-order chi connectivity index (χ0) is 42.1. The molecule has 2 atom stereocenters. The smallest absolute Gasteiger partial charge is 0.306 e. The van der Waals surface area contributed by atoms with E-state index in [1.807, 2.05) is 21.1 Å². The first kappa shape index (κ1) is 55.8. The number of rotatable bonds is 44. The zero-order valence-electron chi connectivity index (χ0n) is 38.1. The van der Waals surface area contributed by atoms with Gasteiger partial charge in [0.25, 0.3) is 7.82 Å². The molecule has 1 unspecified atom stereocenters. The summed E-state index contributed by atoms with van der Waals surface area (Å²) < 4.78 is 34.0. The lowest BCUT2D eigenvalue weighted by Crippen LogP contribution is -2.37. The van der Waals surface area contributed by atoms with Crippen molar-refractivity contribution in [3.05, 3.63) is 12.2 Å². The van der Waals surface area contributed by atoms with Gasteiger partial charge in [0.1, 0.15) is 19.8 Å². The number of phosphoric acid groups is 1. The van der Waals surface area contributed by atoms with Crippen molar-refractivity contribution in [3.8, 4) is 0 Å². The molecule has 0 aromatic carbocycles. The van der Waals surface area contributed by atoms with E-state index < -0.39 is 26.5 Å². The first-order valence-corrected chi connectivity index (χ1v) is 25.4. The molecule has 0 heterocycles. The number of likely N-dealkylation sites (N-methyl/N-ethyl adjacent to an activating group) is 1. The number of phosphoric ester groups is 1. The average molecular weight is 830 g/mol. The SMILES string of the molecule is CCCCCCCC/C=C/CCCCCCCC(=O)O[C@H](COC(=O)CCCCCCCCCCCCCCCCCCCC)COP(=O)([O-])OCC[N+](C)(C)C. The van der Waals surface area contributed by atoms with Gasteiger partial charge in [-0.05, 0) is 38.5 Å². The third kappa shape index (κ3) is 44.1. The fraction of sp³-hybridized carbons (Fsp3) is 0.915. The van der Waals surface area contributed by atoms with E-state index >= 15 is 0 Å². The molecule has 0 aliphatic rings. The Bertz CT molecular complexity index is 985. The monoisotopic (exact) mass is 830 g/mol. The van der Waals surface area contributed by atoms with E-state index in [1.54, 1.807) is 0 Å². The minimum absolute atomic E-state index is 0.0292. The number of esters is 2. The van der Waals surface area contributed by atoms with Crippen LogP contribution in [0.1, 0.15) is 226 Å². The zero-order valence-corrected chi connectivity index (χ0v) is 38.9. The first-order valence-electron chi connectivity index (χ1n) is 23.9. The molecule has 0 aliphatic carbocycles. The van der Waals surface area contributed by atoms with Crippen LogP contribution in [0.2, 0.25) is 0 Å². The van der Waals surface area contributed by atoms with Crippen LogP contribution in [-0.2, 0) is 32.7 Å². The third-order valence-corrected chi connectivity index (χ3v) is 11.5. The Morgan fingerprint density at radius 1 is 0.526 bits per heavy atom. The van der Waals surface area contributed by atoms with E-state index in [4.69, 9.17) is 18.5 Å². The molecule has 9 nitrogen and oxygen atoms in total. The van der Waals surface area contributed by atoms with Gasteiger partial charge in [0.15, 0.2) is 6.10 Å². The van der Waals surface area contributed by atoms with Crippen LogP contribution >= 0.6 is 7.82 Å². The minimum Gasteiger partial charge on any atom is -0.756 e. The number of unbranched alkanes of at least 4 members (excludes halogenated alkanes) is 28. The highest BCUT2D eigenvalue weighted by Gasteiger charge is 2.21. The van der Waals surface area contributed by atoms with Gasteiger partial charge in [-0.25, -0.2) is 0 Å². The molecule has 0 bridgehead atoms. The molecule has 0 aromatic rings. The Morgan fingerprint density at radius 2 is 0.895 bits per heavy atom. The summed E-state index contributed by atoms with van der Waals surface area (Å²) in [6, 6.07) is 0. The van der Waals surface area contributed by atoms with Gasteiger partial charge in [0.05, 0.1) is 27.7 Å². The van der Waals surface area contributed by atoms with Gasteiger partial charge in [0.2, 0.25) is 0 Å². The van der Waals surface area contributed by atoms with E-state index in [2.05, 4.69) is 26.0 Å². The number of nitrogens with zero attached hydrogens (tertiary/aromatic N) is 1. The lowest BCUT2D eigenvalue weighted by molar-refractivity contribution is -0.870. The Hall–Kier alpha value is -1.25. The lowest BCUT2D eigenvalue weighted by atomic mass is 10.0. The van der Waals surface area contributed by atoms with Crippen molar-refractivity contribution in [3.63, 3.8) is 0 Å². The molecule has 338 valence electrons. The lowest BCUT2D eigenvalue weighted by Gasteiger charge is -2.28. The number of carbonyl (C=O) groups excluding carboxylic acids is 2. The molecule has 0 aromatic heterocycles. The summed E-state index contributed by atoms with van der Waals surface area (Å²) in [5.74, 6) is -0.832. The van der Waals surface area contributed by atoms with E-state index in [-0.39, 0.29) is 32.0 Å². The van der Waals surface area contributed by atoms with Crippen molar-refractivity contribution in [2.45, 2.75) is 232 Å². The molecule has 10 heteroatoms. The molecule has 0 rings (SSSR count). The molecule has 0 saturated heterocycles. The fourth-order valence-corrected chi connectivity index (χ4v) is 7.50. The van der Waals surface area contributed by atoms with Crippen LogP contribution in [-0.4, -0.2) is 70.0 Å². The Balaban J connectivity index is 4.27. The van der Waals surface area contributed by atoms with Gasteiger partial charge in [-0.1, -0.05) is 187 Å². The highest BCUT2D eigenvalue weighted by atomic mass is 31.2. The molecular weight excluding hydrogens is 737 g/mol. The quantitative estimate of drug-likeness (QED) is 0.0196. The van der Waals surface area contributed by atoms with Gasteiger partial charge >= 0.3 is 11.9 Å². The highest BCUT2D eigenvalue weighted by Crippen LogP contribution is 2.38. The second-order valence-electron chi connectivity index (χ2n) is 17.5. The summed E-state index contributed by atoms with van der Waals surface area (Å²) in [7, 11) is 1.17. The van der Waals surface area contributed by atoms with Crippen molar-refractivity contribution < 1.29 is 42.1 Å². The largest absolute Gasteiger partial charge is 0.756 e. The van der Waals surface area contributed by atoms with Gasteiger partial charge in [-0.3, -0.25) is 14.2 Å². The summed E-state index contributed by atoms with van der Waals surface area (Å²) in [4.78, 5) is 37.6. The van der Waals surface area contributed by atoms with E-state index in [0.717, 1.165) is 51.4 Å². The molecule has 0 saturated carbocycles. The number of carbonyl (C=O) groups is 2.